The van der Waals surface area contributed by atoms with Crippen molar-refractivity contribution in [2.75, 3.05) is 31.1 Å². The van der Waals surface area contributed by atoms with E-state index < -0.39 is 4.92 Å². The zero-order valence-electron chi connectivity index (χ0n) is 19.6. The maximum atomic E-state index is 14.2. The Morgan fingerprint density at radius 1 is 1.11 bits per heavy atom. The highest BCUT2D eigenvalue weighted by molar-refractivity contribution is 6.15. The number of rotatable bonds is 5. The number of phenolic OH excluding ortho intramolecular Hbond substituents is 1. The quantitative estimate of drug-likeness (QED) is 0.316. The van der Waals surface area contributed by atoms with E-state index in [1.165, 1.54) is 18.2 Å². The SMILES string of the molecule is Cc1cc(O)c(CN2CCN(c3ccccc3F)CC2)c2c1C(=O)/C(=C\c1ccc([N+](=O)[O-])cc1)O2. The number of hydrogen-bond acceptors (Lipinski definition) is 7. The molecule has 3 aromatic rings. The van der Waals surface area contributed by atoms with Crippen molar-refractivity contribution in [2.45, 2.75) is 13.5 Å². The van der Waals surface area contributed by atoms with Crippen molar-refractivity contribution >= 4 is 23.2 Å². The number of anilines is 1. The molecule has 0 bridgehead atoms. The van der Waals surface area contributed by atoms with Gasteiger partial charge in [-0.3, -0.25) is 19.8 Å². The fourth-order valence-corrected chi connectivity index (χ4v) is 4.66. The molecule has 0 saturated carbocycles. The van der Waals surface area contributed by atoms with Gasteiger partial charge in [0.2, 0.25) is 5.78 Å². The minimum absolute atomic E-state index is 0.0442. The fraction of sp³-hybridized carbons (Fsp3) is 0.222. The van der Waals surface area contributed by atoms with Gasteiger partial charge < -0.3 is 14.7 Å². The molecule has 0 radical (unpaired) electrons. The molecule has 1 fully saturated rings. The Kier molecular flexibility index (Phi) is 6.15. The number of nitro benzene ring substituents is 1. The number of ketones is 1. The molecule has 2 heterocycles. The van der Waals surface area contributed by atoms with Crippen LogP contribution in [0, 0.1) is 22.9 Å². The summed E-state index contributed by atoms with van der Waals surface area (Å²) in [5, 5.41) is 21.6. The third kappa shape index (κ3) is 4.40. The van der Waals surface area contributed by atoms with Crippen molar-refractivity contribution < 1.29 is 24.0 Å². The molecule has 0 spiro atoms. The van der Waals surface area contributed by atoms with Gasteiger partial charge in [0.15, 0.2) is 5.76 Å². The molecule has 5 rings (SSSR count). The van der Waals surface area contributed by atoms with E-state index in [1.807, 2.05) is 11.0 Å². The number of non-ortho nitro benzene ring substituents is 1. The number of ether oxygens (including phenoxy) is 1. The first kappa shape index (κ1) is 23.5. The lowest BCUT2D eigenvalue weighted by molar-refractivity contribution is -0.384. The van der Waals surface area contributed by atoms with E-state index in [-0.39, 0.29) is 28.8 Å². The molecule has 1 saturated heterocycles. The minimum Gasteiger partial charge on any atom is -0.507 e. The molecule has 184 valence electrons. The number of fused-ring (bicyclic) bond motifs is 1. The summed E-state index contributed by atoms with van der Waals surface area (Å²) in [6.45, 7) is 4.66. The molecule has 8 nitrogen and oxygen atoms in total. The lowest BCUT2D eigenvalue weighted by atomic mass is 9.99. The van der Waals surface area contributed by atoms with Gasteiger partial charge in [-0.2, -0.15) is 0 Å². The summed E-state index contributed by atoms with van der Waals surface area (Å²) >= 11 is 0. The van der Waals surface area contributed by atoms with Crippen molar-refractivity contribution in [2.24, 2.45) is 0 Å². The van der Waals surface area contributed by atoms with Crippen LogP contribution in [0.3, 0.4) is 0 Å². The Morgan fingerprint density at radius 3 is 2.47 bits per heavy atom. The topological polar surface area (TPSA) is 96.2 Å². The number of Topliss-reactive ketones (excluding diaryl/α,β-unsaturated/α-hetero) is 1. The van der Waals surface area contributed by atoms with E-state index in [9.17, 15) is 24.4 Å². The number of piperazine rings is 1. The number of carbonyl (C=O) groups is 1. The summed E-state index contributed by atoms with van der Waals surface area (Å²) in [4.78, 5) is 27.7. The summed E-state index contributed by atoms with van der Waals surface area (Å²) in [5.74, 6) is -0.0711. The predicted molar refractivity (Wildman–Crippen MR) is 133 cm³/mol. The lowest BCUT2D eigenvalue weighted by Crippen LogP contribution is -2.46. The van der Waals surface area contributed by atoms with Gasteiger partial charge in [0.1, 0.15) is 17.3 Å². The van der Waals surface area contributed by atoms with Crippen LogP contribution in [0.25, 0.3) is 6.08 Å². The Labute approximate surface area is 207 Å². The van der Waals surface area contributed by atoms with E-state index >= 15 is 0 Å². The van der Waals surface area contributed by atoms with Crippen molar-refractivity contribution in [3.8, 4) is 11.5 Å². The second kappa shape index (κ2) is 9.43. The predicted octanol–water partition coefficient (Wildman–Crippen LogP) is 4.69. The molecule has 2 aliphatic rings. The summed E-state index contributed by atoms with van der Waals surface area (Å²) < 4.78 is 20.1. The molecule has 36 heavy (non-hydrogen) atoms. The summed E-state index contributed by atoms with van der Waals surface area (Å²) in [6, 6.07) is 14.1. The normalized spacial score (nSPS) is 16.8. The van der Waals surface area contributed by atoms with Gasteiger partial charge in [-0.25, -0.2) is 4.39 Å². The number of halogens is 1. The zero-order chi connectivity index (χ0) is 25.4. The third-order valence-electron chi connectivity index (χ3n) is 6.57. The number of hydrogen-bond donors (Lipinski definition) is 1. The Morgan fingerprint density at radius 2 is 1.81 bits per heavy atom. The second-order valence-corrected chi connectivity index (χ2v) is 8.90. The van der Waals surface area contributed by atoms with E-state index in [4.69, 9.17) is 4.74 Å². The first-order chi connectivity index (χ1) is 17.3. The molecule has 0 amide bonds. The minimum atomic E-state index is -0.488. The number of carbonyl (C=O) groups excluding carboxylic acids is 1. The van der Waals surface area contributed by atoms with Gasteiger partial charge in [0.25, 0.3) is 5.69 Å². The number of benzene rings is 3. The maximum absolute atomic E-state index is 14.2. The number of aryl methyl sites for hydroxylation is 1. The molecule has 1 N–H and O–H groups in total. The van der Waals surface area contributed by atoms with Crippen LogP contribution in [-0.4, -0.2) is 46.9 Å². The van der Waals surface area contributed by atoms with Gasteiger partial charge in [-0.1, -0.05) is 12.1 Å². The summed E-state index contributed by atoms with van der Waals surface area (Å²) in [6.07, 6.45) is 1.54. The number of aromatic hydroxyl groups is 1. The molecule has 2 aliphatic heterocycles. The molecule has 0 aliphatic carbocycles. The Bertz CT molecular complexity index is 1380. The Balaban J connectivity index is 1.36. The lowest BCUT2D eigenvalue weighted by Gasteiger charge is -2.36. The average molecular weight is 490 g/mol. The highest BCUT2D eigenvalue weighted by Gasteiger charge is 2.34. The van der Waals surface area contributed by atoms with Gasteiger partial charge in [-0.05, 0) is 54.5 Å². The van der Waals surface area contributed by atoms with Gasteiger partial charge >= 0.3 is 0 Å². The first-order valence-corrected chi connectivity index (χ1v) is 11.6. The van der Waals surface area contributed by atoms with Crippen LogP contribution >= 0.6 is 0 Å². The third-order valence-corrected chi connectivity index (χ3v) is 6.57. The van der Waals surface area contributed by atoms with Crippen molar-refractivity contribution in [1.82, 2.24) is 4.90 Å². The van der Waals surface area contributed by atoms with Crippen molar-refractivity contribution in [3.05, 3.63) is 98.5 Å². The first-order valence-electron chi connectivity index (χ1n) is 11.6. The number of nitrogens with zero attached hydrogens (tertiary/aromatic N) is 3. The number of para-hydroxylation sites is 1. The summed E-state index contributed by atoms with van der Waals surface area (Å²) in [5.41, 5.74) is 2.65. The van der Waals surface area contributed by atoms with E-state index in [2.05, 4.69) is 4.90 Å². The highest BCUT2D eigenvalue weighted by atomic mass is 19.1. The van der Waals surface area contributed by atoms with Crippen LogP contribution in [-0.2, 0) is 6.54 Å². The maximum Gasteiger partial charge on any atom is 0.269 e. The number of phenols is 1. The molecule has 3 aromatic carbocycles. The molecular weight excluding hydrogens is 465 g/mol. The Hall–Kier alpha value is -4.24. The molecule has 0 aromatic heterocycles. The number of nitro groups is 1. The fourth-order valence-electron chi connectivity index (χ4n) is 4.66. The van der Waals surface area contributed by atoms with Crippen LogP contribution in [0.15, 0.2) is 60.4 Å². The monoisotopic (exact) mass is 489 g/mol. The smallest absolute Gasteiger partial charge is 0.269 e. The van der Waals surface area contributed by atoms with Crippen molar-refractivity contribution in [3.63, 3.8) is 0 Å². The number of allylic oxidation sites excluding steroid dienone is 1. The van der Waals surface area contributed by atoms with Crippen LogP contribution < -0.4 is 9.64 Å². The molecule has 9 heteroatoms. The molecule has 0 unspecified atom stereocenters. The molecular formula is C27H24FN3O5. The van der Waals surface area contributed by atoms with Gasteiger partial charge in [0, 0.05) is 44.9 Å². The zero-order valence-corrected chi connectivity index (χ0v) is 19.6. The van der Waals surface area contributed by atoms with Gasteiger partial charge in [0.05, 0.1) is 21.7 Å². The van der Waals surface area contributed by atoms with E-state index in [1.54, 1.807) is 43.3 Å². The van der Waals surface area contributed by atoms with Crippen molar-refractivity contribution in [1.29, 1.82) is 0 Å². The largest absolute Gasteiger partial charge is 0.507 e. The average Bonchev–Trinajstić information content (AvgIpc) is 3.19. The highest BCUT2D eigenvalue weighted by Crippen LogP contribution is 2.42. The molecule has 0 atom stereocenters. The van der Waals surface area contributed by atoms with Gasteiger partial charge in [-0.15, -0.1) is 0 Å². The summed E-state index contributed by atoms with van der Waals surface area (Å²) in [7, 11) is 0. The van der Waals surface area contributed by atoms with Crippen LogP contribution in [0.2, 0.25) is 0 Å². The second-order valence-electron chi connectivity index (χ2n) is 8.90. The standard InChI is InChI=1S/C27H24FN3O5/c1-17-14-23(32)20(16-29-10-12-30(13-11-29)22-5-3-2-4-21(22)28)27-25(17)26(33)24(36-27)15-18-6-8-19(9-7-18)31(34)35/h2-9,14-15,32H,10-13,16H2,1H3/b24-15+. The van der Waals surface area contributed by atoms with E-state index in [0.29, 0.717) is 66.4 Å². The van der Waals surface area contributed by atoms with Crippen LogP contribution in [0.5, 0.6) is 11.5 Å². The van der Waals surface area contributed by atoms with Crippen LogP contribution in [0.4, 0.5) is 15.8 Å². The van der Waals surface area contributed by atoms with E-state index in [0.717, 1.165) is 0 Å². The van der Waals surface area contributed by atoms with Crippen LogP contribution in [0.1, 0.15) is 27.0 Å².